The Hall–Kier alpha value is -2.71. The van der Waals surface area contributed by atoms with Crippen LogP contribution < -0.4 is 10.6 Å². The number of thioether (sulfide) groups is 1. The Morgan fingerprint density at radius 3 is 2.46 bits per heavy atom. The van der Waals surface area contributed by atoms with Crippen molar-refractivity contribution < 1.29 is 9.59 Å². The Morgan fingerprint density at radius 1 is 1.00 bits per heavy atom. The topological polar surface area (TPSA) is 84.0 Å². The average Bonchev–Trinajstić information content (AvgIpc) is 3.15. The molecule has 0 saturated carbocycles. The number of carbonyl (C=O) groups is 2. The number of benzene rings is 2. The zero-order valence-corrected chi connectivity index (χ0v) is 17.1. The van der Waals surface area contributed by atoms with E-state index in [1.54, 1.807) is 0 Å². The van der Waals surface area contributed by atoms with Crippen molar-refractivity contribution in [2.24, 2.45) is 5.92 Å². The first-order valence-electron chi connectivity index (χ1n) is 8.74. The predicted molar refractivity (Wildman–Crippen MR) is 115 cm³/mol. The monoisotopic (exact) mass is 412 g/mol. The highest BCUT2D eigenvalue weighted by atomic mass is 32.2. The van der Waals surface area contributed by atoms with Crippen LogP contribution in [0.4, 0.5) is 10.8 Å². The lowest BCUT2D eigenvalue weighted by Crippen LogP contribution is -2.17. The number of anilines is 2. The number of hydrogen-bond acceptors (Lipinski definition) is 6. The third-order valence-corrected chi connectivity index (χ3v) is 5.75. The Morgan fingerprint density at radius 2 is 1.71 bits per heavy atom. The first-order valence-corrected chi connectivity index (χ1v) is 10.5. The van der Waals surface area contributed by atoms with Gasteiger partial charge in [0.05, 0.1) is 5.75 Å². The molecule has 0 unspecified atom stereocenters. The fraction of sp³-hybridized carbons (Fsp3) is 0.200. The lowest BCUT2D eigenvalue weighted by molar-refractivity contribution is -0.119. The molecule has 28 heavy (non-hydrogen) atoms. The standard InChI is InChI=1S/C20H20N4O2S2/c1-13(2)18(26)22-19-23-24-20(28-19)27-12-17(25)21-16-11-7-6-10-15(16)14-8-4-3-5-9-14/h3-11,13H,12H2,1-2H3,(H,21,25)(H,22,23,26). The fourth-order valence-corrected chi connectivity index (χ4v) is 3.90. The maximum Gasteiger partial charge on any atom is 0.234 e. The number of carbonyl (C=O) groups excluding carboxylic acids is 2. The van der Waals surface area contributed by atoms with Gasteiger partial charge in [0.2, 0.25) is 16.9 Å². The summed E-state index contributed by atoms with van der Waals surface area (Å²) in [6.07, 6.45) is 0. The van der Waals surface area contributed by atoms with Crippen LogP contribution in [0.1, 0.15) is 13.8 Å². The highest BCUT2D eigenvalue weighted by molar-refractivity contribution is 8.01. The van der Waals surface area contributed by atoms with E-state index in [1.165, 1.54) is 23.1 Å². The van der Waals surface area contributed by atoms with E-state index >= 15 is 0 Å². The minimum atomic E-state index is -0.129. The van der Waals surface area contributed by atoms with Crippen molar-refractivity contribution in [3.05, 3.63) is 54.6 Å². The second-order valence-corrected chi connectivity index (χ2v) is 8.47. The van der Waals surface area contributed by atoms with Gasteiger partial charge in [-0.2, -0.15) is 0 Å². The summed E-state index contributed by atoms with van der Waals surface area (Å²) in [5.74, 6) is -0.162. The summed E-state index contributed by atoms with van der Waals surface area (Å²) in [7, 11) is 0. The van der Waals surface area contributed by atoms with Crippen molar-refractivity contribution in [3.8, 4) is 11.1 Å². The molecule has 0 fully saturated rings. The lowest BCUT2D eigenvalue weighted by atomic mass is 10.0. The van der Waals surface area contributed by atoms with Crippen LogP contribution in [0.15, 0.2) is 58.9 Å². The maximum atomic E-state index is 12.4. The summed E-state index contributed by atoms with van der Waals surface area (Å²) >= 11 is 2.54. The Labute approximate surface area is 171 Å². The van der Waals surface area contributed by atoms with Gasteiger partial charge in [-0.25, -0.2) is 0 Å². The van der Waals surface area contributed by atoms with Gasteiger partial charge in [-0.15, -0.1) is 10.2 Å². The molecule has 0 atom stereocenters. The maximum absolute atomic E-state index is 12.4. The summed E-state index contributed by atoms with van der Waals surface area (Å²) in [6.45, 7) is 3.62. The van der Waals surface area contributed by atoms with Gasteiger partial charge in [-0.3, -0.25) is 9.59 Å². The Balaban J connectivity index is 1.59. The Kier molecular flexibility index (Phi) is 6.78. The fourth-order valence-electron chi connectivity index (χ4n) is 2.34. The van der Waals surface area contributed by atoms with E-state index < -0.39 is 0 Å². The van der Waals surface area contributed by atoms with E-state index in [2.05, 4.69) is 20.8 Å². The zero-order valence-electron chi connectivity index (χ0n) is 15.5. The third-order valence-electron chi connectivity index (χ3n) is 3.77. The van der Waals surface area contributed by atoms with E-state index in [0.717, 1.165) is 16.8 Å². The molecule has 0 aliphatic rings. The van der Waals surface area contributed by atoms with Crippen LogP contribution in [0.3, 0.4) is 0 Å². The SMILES string of the molecule is CC(C)C(=O)Nc1nnc(SCC(=O)Nc2ccccc2-c2ccccc2)s1. The molecule has 0 radical (unpaired) electrons. The summed E-state index contributed by atoms with van der Waals surface area (Å²) in [5.41, 5.74) is 2.78. The van der Waals surface area contributed by atoms with Gasteiger partial charge in [-0.05, 0) is 11.6 Å². The van der Waals surface area contributed by atoms with Crippen LogP contribution in [-0.4, -0.2) is 27.8 Å². The van der Waals surface area contributed by atoms with E-state index in [0.29, 0.717) is 9.47 Å². The minimum absolute atomic E-state index is 0.108. The van der Waals surface area contributed by atoms with E-state index in [-0.39, 0.29) is 23.5 Å². The van der Waals surface area contributed by atoms with Gasteiger partial charge in [0.15, 0.2) is 4.34 Å². The quantitative estimate of drug-likeness (QED) is 0.440. The van der Waals surface area contributed by atoms with Gasteiger partial charge in [0.1, 0.15) is 0 Å². The highest BCUT2D eigenvalue weighted by Gasteiger charge is 2.13. The molecule has 2 amide bonds. The van der Waals surface area contributed by atoms with Crippen LogP contribution >= 0.6 is 23.1 Å². The molecule has 2 aromatic carbocycles. The summed E-state index contributed by atoms with van der Waals surface area (Å²) in [4.78, 5) is 24.1. The van der Waals surface area contributed by atoms with Crippen molar-refractivity contribution in [2.45, 2.75) is 18.2 Å². The van der Waals surface area contributed by atoms with Crippen LogP contribution in [0.25, 0.3) is 11.1 Å². The first kappa shape index (κ1) is 20.0. The number of para-hydroxylation sites is 1. The van der Waals surface area contributed by atoms with Crippen LogP contribution in [-0.2, 0) is 9.59 Å². The van der Waals surface area contributed by atoms with Gasteiger partial charge in [0.25, 0.3) is 0 Å². The van der Waals surface area contributed by atoms with Crippen molar-refractivity contribution >= 4 is 45.7 Å². The predicted octanol–water partition coefficient (Wildman–Crippen LogP) is 4.53. The van der Waals surface area contributed by atoms with Gasteiger partial charge >= 0.3 is 0 Å². The smallest absolute Gasteiger partial charge is 0.234 e. The molecule has 2 N–H and O–H groups in total. The Bertz CT molecular complexity index is 958. The molecular formula is C20H20N4O2S2. The molecular weight excluding hydrogens is 392 g/mol. The molecule has 3 aromatic rings. The molecule has 0 spiro atoms. The zero-order chi connectivity index (χ0) is 19.9. The van der Waals surface area contributed by atoms with Crippen LogP contribution in [0.2, 0.25) is 0 Å². The second-order valence-electron chi connectivity index (χ2n) is 6.27. The van der Waals surface area contributed by atoms with Crippen molar-refractivity contribution in [3.63, 3.8) is 0 Å². The first-order chi connectivity index (χ1) is 13.5. The largest absolute Gasteiger partial charge is 0.325 e. The number of aromatic nitrogens is 2. The second kappa shape index (κ2) is 9.48. The normalized spacial score (nSPS) is 10.7. The van der Waals surface area contributed by atoms with Gasteiger partial charge in [0, 0.05) is 17.2 Å². The van der Waals surface area contributed by atoms with E-state index in [9.17, 15) is 9.59 Å². The minimum Gasteiger partial charge on any atom is -0.325 e. The molecule has 3 rings (SSSR count). The highest BCUT2D eigenvalue weighted by Crippen LogP contribution is 2.29. The average molecular weight is 413 g/mol. The van der Waals surface area contributed by atoms with Crippen molar-refractivity contribution in [1.29, 1.82) is 0 Å². The molecule has 0 aliphatic heterocycles. The molecule has 1 aromatic heterocycles. The van der Waals surface area contributed by atoms with E-state index in [4.69, 9.17) is 0 Å². The molecule has 1 heterocycles. The molecule has 144 valence electrons. The van der Waals surface area contributed by atoms with Crippen molar-refractivity contribution in [2.75, 3.05) is 16.4 Å². The number of rotatable bonds is 7. The number of hydrogen-bond donors (Lipinski definition) is 2. The lowest BCUT2D eigenvalue weighted by Gasteiger charge is -2.10. The summed E-state index contributed by atoms with van der Waals surface area (Å²) < 4.78 is 0.630. The van der Waals surface area contributed by atoms with Crippen molar-refractivity contribution in [1.82, 2.24) is 10.2 Å². The molecule has 6 nitrogen and oxygen atoms in total. The van der Waals surface area contributed by atoms with Gasteiger partial charge in [-0.1, -0.05) is 85.5 Å². The number of nitrogens with zero attached hydrogens (tertiary/aromatic N) is 2. The number of amides is 2. The van der Waals surface area contributed by atoms with Crippen LogP contribution in [0, 0.1) is 5.92 Å². The summed E-state index contributed by atoms with van der Waals surface area (Å²) in [6, 6.07) is 17.6. The number of nitrogens with one attached hydrogen (secondary N) is 2. The van der Waals surface area contributed by atoms with E-state index in [1.807, 2.05) is 68.4 Å². The third kappa shape index (κ3) is 5.40. The van der Waals surface area contributed by atoms with Gasteiger partial charge < -0.3 is 10.6 Å². The van der Waals surface area contributed by atoms with Crippen LogP contribution in [0.5, 0.6) is 0 Å². The molecule has 0 saturated heterocycles. The summed E-state index contributed by atoms with van der Waals surface area (Å²) in [5, 5.41) is 14.1. The molecule has 8 heteroatoms. The molecule has 0 aliphatic carbocycles. The molecule has 0 bridgehead atoms.